The molecule has 1 heterocycles. The maximum Gasteiger partial charge on any atom is 0.296 e. The molecule has 0 bridgehead atoms. The van der Waals surface area contributed by atoms with E-state index < -0.39 is 18.1 Å². The van der Waals surface area contributed by atoms with E-state index in [1.165, 1.54) is 6.92 Å². The van der Waals surface area contributed by atoms with E-state index in [0.29, 0.717) is 16.5 Å². The van der Waals surface area contributed by atoms with Crippen molar-refractivity contribution in [2.45, 2.75) is 13.3 Å². The van der Waals surface area contributed by atoms with Crippen LogP contribution in [0.2, 0.25) is 0 Å². The predicted octanol–water partition coefficient (Wildman–Crippen LogP) is 4.75. The number of para-hydroxylation sites is 1. The second kappa shape index (κ2) is 6.12. The topological polar surface area (TPSA) is 42.6 Å². The molecule has 0 unspecified atom stereocenters. The zero-order valence-electron chi connectivity index (χ0n) is 12.3. The van der Waals surface area contributed by atoms with Gasteiger partial charge >= 0.3 is 0 Å². The quantitative estimate of drug-likeness (QED) is 0.655. The Hall–Kier alpha value is -2.82. The Morgan fingerprint density at radius 1 is 1.04 bits per heavy atom. The predicted molar refractivity (Wildman–Crippen MR) is 83.9 cm³/mol. The summed E-state index contributed by atoms with van der Waals surface area (Å²) in [6, 6.07) is 15.5. The highest BCUT2D eigenvalue weighted by atomic mass is 19.3. The second-order valence-electron chi connectivity index (χ2n) is 4.98. The Morgan fingerprint density at radius 2 is 1.70 bits per heavy atom. The maximum absolute atomic E-state index is 13.4. The molecule has 0 saturated heterocycles. The lowest BCUT2D eigenvalue weighted by atomic mass is 9.99. The molecule has 1 aromatic heterocycles. The molecule has 0 aliphatic rings. The van der Waals surface area contributed by atoms with Crippen LogP contribution < -0.4 is 0 Å². The number of rotatable bonds is 3. The van der Waals surface area contributed by atoms with Crippen LogP contribution in [-0.2, 0) is 4.79 Å². The summed E-state index contributed by atoms with van der Waals surface area (Å²) in [5, 5.41) is 0.506. The molecular formula is C18H13F2NO2. The minimum atomic E-state index is -2.81. The Morgan fingerprint density at radius 3 is 2.35 bits per heavy atom. The summed E-state index contributed by atoms with van der Waals surface area (Å²) in [5.41, 5.74) is 1.27. The molecule has 0 saturated carbocycles. The van der Waals surface area contributed by atoms with Crippen LogP contribution in [0.25, 0.3) is 11.0 Å². The first-order valence-electron chi connectivity index (χ1n) is 7.02. The number of fused-ring (bicyclic) bond motifs is 1. The molecule has 0 aliphatic heterocycles. The van der Waals surface area contributed by atoms with Crippen LogP contribution >= 0.6 is 0 Å². The van der Waals surface area contributed by atoms with Gasteiger partial charge in [-0.05, 0) is 6.07 Å². The van der Waals surface area contributed by atoms with Gasteiger partial charge in [0.2, 0.25) is 5.91 Å². The van der Waals surface area contributed by atoms with Crippen LogP contribution in [0.1, 0.15) is 30.2 Å². The lowest BCUT2D eigenvalue weighted by molar-refractivity contribution is -0.115. The summed E-state index contributed by atoms with van der Waals surface area (Å²) in [4.78, 5) is 15.5. The number of hydrogen-bond acceptors (Lipinski definition) is 2. The van der Waals surface area contributed by atoms with E-state index in [9.17, 15) is 13.6 Å². The monoisotopic (exact) mass is 313 g/mol. The van der Waals surface area contributed by atoms with Crippen LogP contribution in [0.3, 0.4) is 0 Å². The zero-order chi connectivity index (χ0) is 16.4. The van der Waals surface area contributed by atoms with Gasteiger partial charge in [-0.25, -0.2) is 13.8 Å². The summed E-state index contributed by atoms with van der Waals surface area (Å²) >= 11 is 0. The lowest BCUT2D eigenvalue weighted by Gasteiger charge is -2.07. The average Bonchev–Trinajstić information content (AvgIpc) is 2.93. The Labute approximate surface area is 131 Å². The maximum atomic E-state index is 13.4. The number of aliphatic imine (C=N–C) groups is 1. The van der Waals surface area contributed by atoms with E-state index in [-0.39, 0.29) is 11.3 Å². The number of halogens is 2. The van der Waals surface area contributed by atoms with E-state index in [1.807, 2.05) is 0 Å². The van der Waals surface area contributed by atoms with Crippen LogP contribution in [0.5, 0.6) is 0 Å². The Bertz CT molecular complexity index is 882. The van der Waals surface area contributed by atoms with Crippen molar-refractivity contribution in [1.29, 1.82) is 0 Å². The van der Waals surface area contributed by atoms with Gasteiger partial charge in [0.15, 0.2) is 5.76 Å². The molecule has 3 rings (SSSR count). The molecule has 3 nitrogen and oxygen atoms in total. The molecular weight excluding hydrogens is 300 g/mol. The number of carbonyl (C=O) groups is 1. The summed E-state index contributed by atoms with van der Waals surface area (Å²) in [6.45, 7) is 1.28. The lowest BCUT2D eigenvalue weighted by Crippen LogP contribution is -2.08. The van der Waals surface area contributed by atoms with Gasteiger partial charge < -0.3 is 4.42 Å². The fourth-order valence-corrected chi connectivity index (χ4v) is 2.48. The van der Waals surface area contributed by atoms with Crippen molar-refractivity contribution in [2.24, 2.45) is 4.99 Å². The first kappa shape index (κ1) is 15.1. The largest absolute Gasteiger partial charge is 0.454 e. The minimum absolute atomic E-state index is 0.164. The summed E-state index contributed by atoms with van der Waals surface area (Å²) in [5.74, 6) is -0.940. The molecule has 1 amide bonds. The minimum Gasteiger partial charge on any atom is -0.454 e. The SMILES string of the molecule is CC(=O)N=C(c1ccccc1)c1c(C(F)F)oc2ccccc12. The van der Waals surface area contributed by atoms with Crippen molar-refractivity contribution in [3.8, 4) is 0 Å². The van der Waals surface area contributed by atoms with E-state index in [1.54, 1.807) is 54.6 Å². The number of amides is 1. The average molecular weight is 313 g/mol. The van der Waals surface area contributed by atoms with Crippen molar-refractivity contribution in [1.82, 2.24) is 0 Å². The van der Waals surface area contributed by atoms with Gasteiger partial charge in [0, 0.05) is 17.9 Å². The molecule has 0 atom stereocenters. The standard InChI is InChI=1S/C18H13F2NO2/c1-11(22)21-16(12-7-3-2-4-8-12)15-13-9-5-6-10-14(13)23-17(15)18(19)20/h2-10,18H,1H3. The number of hydrogen-bond donors (Lipinski definition) is 0. The molecule has 5 heteroatoms. The zero-order valence-corrected chi connectivity index (χ0v) is 12.3. The van der Waals surface area contributed by atoms with Crippen LogP contribution in [0, 0.1) is 0 Å². The third-order valence-corrected chi connectivity index (χ3v) is 3.37. The van der Waals surface area contributed by atoms with Crippen molar-refractivity contribution in [3.05, 3.63) is 71.5 Å². The highest BCUT2D eigenvalue weighted by Gasteiger charge is 2.26. The first-order chi connectivity index (χ1) is 11.1. The van der Waals surface area contributed by atoms with Crippen molar-refractivity contribution < 1.29 is 18.0 Å². The van der Waals surface area contributed by atoms with Gasteiger partial charge in [-0.15, -0.1) is 0 Å². The van der Waals surface area contributed by atoms with Gasteiger partial charge in [0.25, 0.3) is 6.43 Å². The van der Waals surface area contributed by atoms with Gasteiger partial charge in [0.05, 0.1) is 11.3 Å². The van der Waals surface area contributed by atoms with Crippen molar-refractivity contribution in [3.63, 3.8) is 0 Å². The normalized spacial score (nSPS) is 12.1. The molecule has 0 aliphatic carbocycles. The second-order valence-corrected chi connectivity index (χ2v) is 4.98. The third-order valence-electron chi connectivity index (χ3n) is 3.37. The summed E-state index contributed by atoms with van der Waals surface area (Å²) in [6.07, 6.45) is -2.81. The molecule has 3 aromatic rings. The summed E-state index contributed by atoms with van der Waals surface area (Å²) < 4.78 is 32.2. The van der Waals surface area contributed by atoms with E-state index in [0.717, 1.165) is 0 Å². The smallest absolute Gasteiger partial charge is 0.296 e. The molecule has 0 radical (unpaired) electrons. The molecule has 2 aromatic carbocycles. The first-order valence-corrected chi connectivity index (χ1v) is 7.02. The van der Waals surface area contributed by atoms with Crippen LogP contribution in [0.15, 0.2) is 64.0 Å². The van der Waals surface area contributed by atoms with Gasteiger partial charge in [0.1, 0.15) is 5.58 Å². The number of benzene rings is 2. The van der Waals surface area contributed by atoms with Gasteiger partial charge in [-0.3, -0.25) is 4.79 Å². The molecule has 116 valence electrons. The van der Waals surface area contributed by atoms with Crippen molar-refractivity contribution in [2.75, 3.05) is 0 Å². The van der Waals surface area contributed by atoms with E-state index in [4.69, 9.17) is 4.42 Å². The van der Waals surface area contributed by atoms with E-state index >= 15 is 0 Å². The van der Waals surface area contributed by atoms with Gasteiger partial charge in [-0.1, -0.05) is 48.5 Å². The third kappa shape index (κ3) is 2.90. The molecule has 0 N–H and O–H groups in total. The molecule has 23 heavy (non-hydrogen) atoms. The number of furan rings is 1. The fourth-order valence-electron chi connectivity index (χ4n) is 2.48. The highest BCUT2D eigenvalue weighted by molar-refractivity contribution is 6.22. The molecule has 0 spiro atoms. The fraction of sp³-hybridized carbons (Fsp3) is 0.111. The number of carbonyl (C=O) groups excluding carboxylic acids is 1. The van der Waals surface area contributed by atoms with E-state index in [2.05, 4.69) is 4.99 Å². The Kier molecular flexibility index (Phi) is 4.02. The van der Waals surface area contributed by atoms with Crippen LogP contribution in [-0.4, -0.2) is 11.6 Å². The number of nitrogens with zero attached hydrogens (tertiary/aromatic N) is 1. The molecule has 0 fully saturated rings. The summed E-state index contributed by atoms with van der Waals surface area (Å²) in [7, 11) is 0. The highest BCUT2D eigenvalue weighted by Crippen LogP contribution is 2.34. The number of alkyl halides is 2. The van der Waals surface area contributed by atoms with Crippen molar-refractivity contribution >= 4 is 22.6 Å². The van der Waals surface area contributed by atoms with Crippen LogP contribution in [0.4, 0.5) is 8.78 Å². The van der Waals surface area contributed by atoms with Gasteiger partial charge in [-0.2, -0.15) is 0 Å². The Balaban J connectivity index is 2.34.